The summed E-state index contributed by atoms with van der Waals surface area (Å²) >= 11 is 0. The van der Waals surface area contributed by atoms with Crippen molar-refractivity contribution >= 4 is 0 Å². The first-order chi connectivity index (χ1) is 9.17. The lowest BCUT2D eigenvalue weighted by Gasteiger charge is -2.11. The Balaban J connectivity index is 2.60. The molecule has 0 saturated heterocycles. The summed E-state index contributed by atoms with van der Waals surface area (Å²) < 4.78 is 33.9. The highest BCUT2D eigenvalue weighted by Gasteiger charge is 2.10. The predicted octanol–water partition coefficient (Wildman–Crippen LogP) is 2.80. The molecule has 1 aromatic carbocycles. The summed E-state index contributed by atoms with van der Waals surface area (Å²) in [6.07, 6.45) is 0.757. The fraction of sp³-hybridized carbons (Fsp3) is 0.429. The van der Waals surface area contributed by atoms with Crippen LogP contribution in [0.3, 0.4) is 0 Å². The Morgan fingerprint density at radius 1 is 1.32 bits per heavy atom. The Labute approximate surface area is 111 Å². The van der Waals surface area contributed by atoms with Crippen LogP contribution in [0.1, 0.15) is 18.9 Å². The molecule has 1 rings (SSSR count). The minimum Gasteiger partial charge on any atom is -0.493 e. The summed E-state index contributed by atoms with van der Waals surface area (Å²) in [4.78, 5) is 0. The number of rotatable bonds is 7. The van der Waals surface area contributed by atoms with E-state index < -0.39 is 6.61 Å². The second kappa shape index (κ2) is 8.33. The maximum atomic E-state index is 12.3. The molecule has 0 fully saturated rings. The molecule has 0 atom stereocenters. The topological polar surface area (TPSA) is 30.5 Å². The van der Waals surface area contributed by atoms with Crippen LogP contribution in [0, 0.1) is 11.8 Å². The van der Waals surface area contributed by atoms with Gasteiger partial charge in [0.25, 0.3) is 0 Å². The third-order valence-electron chi connectivity index (χ3n) is 2.38. The van der Waals surface area contributed by atoms with E-state index >= 15 is 0 Å². The van der Waals surface area contributed by atoms with E-state index in [9.17, 15) is 8.78 Å². The van der Waals surface area contributed by atoms with Crippen LogP contribution in [0.25, 0.3) is 0 Å². The van der Waals surface area contributed by atoms with Crippen LogP contribution in [0.15, 0.2) is 18.2 Å². The molecule has 1 N–H and O–H groups in total. The van der Waals surface area contributed by atoms with Gasteiger partial charge in [-0.25, -0.2) is 0 Å². The van der Waals surface area contributed by atoms with Crippen LogP contribution in [0.5, 0.6) is 11.5 Å². The largest absolute Gasteiger partial charge is 0.493 e. The number of alkyl halides is 2. The Hall–Kier alpha value is -1.80. The molecule has 0 aromatic heterocycles. The number of methoxy groups -OCH3 is 1. The van der Waals surface area contributed by atoms with Gasteiger partial charge in [0.05, 0.1) is 7.11 Å². The molecule has 0 aliphatic rings. The van der Waals surface area contributed by atoms with Gasteiger partial charge in [0.1, 0.15) is 0 Å². The fourth-order valence-electron chi connectivity index (χ4n) is 1.53. The Morgan fingerprint density at radius 2 is 2.11 bits per heavy atom. The van der Waals surface area contributed by atoms with Crippen molar-refractivity contribution in [1.29, 1.82) is 0 Å². The van der Waals surface area contributed by atoms with E-state index in [0.717, 1.165) is 18.5 Å². The van der Waals surface area contributed by atoms with Gasteiger partial charge in [-0.3, -0.25) is 0 Å². The number of ether oxygens (including phenoxy) is 2. The van der Waals surface area contributed by atoms with Crippen molar-refractivity contribution in [3.63, 3.8) is 0 Å². The Kier molecular flexibility index (Phi) is 6.69. The second-order valence-corrected chi connectivity index (χ2v) is 3.72. The van der Waals surface area contributed by atoms with Crippen LogP contribution >= 0.6 is 0 Å². The maximum Gasteiger partial charge on any atom is 0.387 e. The first-order valence-corrected chi connectivity index (χ1v) is 5.89. The van der Waals surface area contributed by atoms with Crippen molar-refractivity contribution in [2.24, 2.45) is 0 Å². The molecular formula is C14H17F2NO2. The van der Waals surface area contributed by atoms with Crippen molar-refractivity contribution in [1.82, 2.24) is 5.32 Å². The summed E-state index contributed by atoms with van der Waals surface area (Å²) in [6.45, 7) is 0.238. The zero-order chi connectivity index (χ0) is 14.1. The molecule has 3 nitrogen and oxygen atoms in total. The van der Waals surface area contributed by atoms with Crippen LogP contribution < -0.4 is 14.8 Å². The molecule has 0 radical (unpaired) electrons. The Bertz CT molecular complexity index is 452. The van der Waals surface area contributed by atoms with E-state index in [2.05, 4.69) is 21.9 Å². The van der Waals surface area contributed by atoms with E-state index in [1.165, 1.54) is 7.11 Å². The standard InChI is InChI=1S/C14H17F2NO2/c1-3-4-5-8-17-10-11-6-7-12(18-2)13(9-11)19-14(15)16/h6-7,9,14,17H,5,8,10H2,1-2H3. The lowest BCUT2D eigenvalue weighted by molar-refractivity contribution is -0.0512. The molecule has 104 valence electrons. The Morgan fingerprint density at radius 3 is 2.74 bits per heavy atom. The van der Waals surface area contributed by atoms with Gasteiger partial charge in [-0.05, 0) is 24.6 Å². The smallest absolute Gasteiger partial charge is 0.387 e. The zero-order valence-corrected chi connectivity index (χ0v) is 11.0. The van der Waals surface area contributed by atoms with Crippen molar-refractivity contribution in [2.45, 2.75) is 26.5 Å². The highest BCUT2D eigenvalue weighted by molar-refractivity contribution is 5.42. The summed E-state index contributed by atoms with van der Waals surface area (Å²) in [5.74, 6) is 6.08. The minimum absolute atomic E-state index is 0.0464. The van der Waals surface area contributed by atoms with Crippen LogP contribution in [-0.2, 0) is 6.54 Å². The number of nitrogens with one attached hydrogen (secondary N) is 1. The summed E-state index contributed by atoms with van der Waals surface area (Å²) in [5.41, 5.74) is 0.848. The van der Waals surface area contributed by atoms with E-state index in [4.69, 9.17) is 4.74 Å². The molecule has 0 heterocycles. The molecule has 0 bridgehead atoms. The van der Waals surface area contributed by atoms with E-state index in [-0.39, 0.29) is 5.75 Å². The van der Waals surface area contributed by atoms with Crippen LogP contribution in [-0.4, -0.2) is 20.3 Å². The summed E-state index contributed by atoms with van der Waals surface area (Å²) in [7, 11) is 1.41. The molecule has 0 saturated carbocycles. The number of hydrogen-bond acceptors (Lipinski definition) is 3. The van der Waals surface area contributed by atoms with Gasteiger partial charge in [0, 0.05) is 19.5 Å². The predicted molar refractivity (Wildman–Crippen MR) is 69.4 cm³/mol. The molecule has 5 heteroatoms. The van der Waals surface area contributed by atoms with Crippen molar-refractivity contribution < 1.29 is 18.3 Å². The van der Waals surface area contributed by atoms with Crippen molar-refractivity contribution in [3.05, 3.63) is 23.8 Å². The lowest BCUT2D eigenvalue weighted by atomic mass is 10.2. The second-order valence-electron chi connectivity index (χ2n) is 3.72. The van der Waals surface area contributed by atoms with Gasteiger partial charge in [-0.2, -0.15) is 8.78 Å². The quantitative estimate of drug-likeness (QED) is 0.610. The molecular weight excluding hydrogens is 252 g/mol. The van der Waals surface area contributed by atoms with Gasteiger partial charge in [0.2, 0.25) is 0 Å². The van der Waals surface area contributed by atoms with Gasteiger partial charge in [0.15, 0.2) is 11.5 Å². The number of benzene rings is 1. The van der Waals surface area contributed by atoms with Gasteiger partial charge in [-0.1, -0.05) is 6.07 Å². The molecule has 0 amide bonds. The van der Waals surface area contributed by atoms with E-state index in [0.29, 0.717) is 12.3 Å². The normalized spacial score (nSPS) is 9.95. The third kappa shape index (κ3) is 5.58. The monoisotopic (exact) mass is 269 g/mol. The first-order valence-electron chi connectivity index (χ1n) is 5.89. The molecule has 0 aliphatic carbocycles. The summed E-state index contributed by atoms with van der Waals surface area (Å²) in [5, 5.41) is 3.17. The van der Waals surface area contributed by atoms with Crippen LogP contribution in [0.4, 0.5) is 8.78 Å². The van der Waals surface area contributed by atoms with Gasteiger partial charge in [-0.15, -0.1) is 11.8 Å². The lowest BCUT2D eigenvalue weighted by Crippen LogP contribution is -2.14. The van der Waals surface area contributed by atoms with Crippen molar-refractivity contribution in [2.75, 3.05) is 13.7 Å². The molecule has 19 heavy (non-hydrogen) atoms. The first kappa shape index (κ1) is 15.3. The third-order valence-corrected chi connectivity index (χ3v) is 2.38. The average Bonchev–Trinajstić information content (AvgIpc) is 2.38. The van der Waals surface area contributed by atoms with Gasteiger partial charge >= 0.3 is 6.61 Å². The van der Waals surface area contributed by atoms with Crippen LogP contribution in [0.2, 0.25) is 0 Å². The molecule has 1 aromatic rings. The SMILES string of the molecule is CC#CCCNCc1ccc(OC)c(OC(F)F)c1. The van der Waals surface area contributed by atoms with Gasteiger partial charge < -0.3 is 14.8 Å². The number of hydrogen-bond donors (Lipinski definition) is 1. The molecule has 0 aliphatic heterocycles. The number of halogens is 2. The fourth-order valence-corrected chi connectivity index (χ4v) is 1.53. The highest BCUT2D eigenvalue weighted by Crippen LogP contribution is 2.29. The molecule has 0 unspecified atom stereocenters. The average molecular weight is 269 g/mol. The maximum absolute atomic E-state index is 12.3. The minimum atomic E-state index is -2.86. The van der Waals surface area contributed by atoms with E-state index in [1.807, 2.05) is 0 Å². The van der Waals surface area contributed by atoms with E-state index in [1.54, 1.807) is 25.1 Å². The summed E-state index contributed by atoms with van der Waals surface area (Å²) in [6, 6.07) is 4.96. The van der Waals surface area contributed by atoms with Crippen molar-refractivity contribution in [3.8, 4) is 23.3 Å². The zero-order valence-electron chi connectivity index (χ0n) is 11.0. The highest BCUT2D eigenvalue weighted by atomic mass is 19.3. The molecule has 0 spiro atoms.